The number of hydrogen-bond donors (Lipinski definition) is 1. The van der Waals surface area contributed by atoms with Gasteiger partial charge in [-0.3, -0.25) is 4.79 Å². The first kappa shape index (κ1) is 16.5. The quantitative estimate of drug-likeness (QED) is 0.856. The van der Waals surface area contributed by atoms with Crippen molar-refractivity contribution in [2.24, 2.45) is 0 Å². The zero-order valence-corrected chi connectivity index (χ0v) is 14.1. The van der Waals surface area contributed by atoms with Gasteiger partial charge in [-0.15, -0.1) is 11.3 Å². The Morgan fingerprint density at radius 3 is 2.59 bits per heavy atom. The predicted octanol–water partition coefficient (Wildman–Crippen LogP) is 3.74. The molecule has 0 bridgehead atoms. The van der Waals surface area contributed by atoms with E-state index in [4.69, 9.17) is 20.9 Å². The zero-order valence-electron chi connectivity index (χ0n) is 12.6. The van der Waals surface area contributed by atoms with E-state index in [2.05, 4.69) is 10.5 Å². The topological polar surface area (TPSA) is 81.4 Å². The lowest BCUT2D eigenvalue weighted by Crippen LogP contribution is -2.14. The van der Waals surface area contributed by atoms with Crippen LogP contribution in [0.1, 0.15) is 44.0 Å². The molecule has 0 atom stereocenters. The summed E-state index contributed by atoms with van der Waals surface area (Å²) in [4.78, 5) is 25.2. The summed E-state index contributed by atoms with van der Waals surface area (Å²) >= 11 is 7.25. The average molecular weight is 343 g/mol. The van der Waals surface area contributed by atoms with Crippen molar-refractivity contribution >= 4 is 39.8 Å². The summed E-state index contributed by atoms with van der Waals surface area (Å²) in [5.41, 5.74) is 1.56. The second-order valence-corrected chi connectivity index (χ2v) is 6.18. The van der Waals surface area contributed by atoms with E-state index in [1.54, 1.807) is 20.8 Å². The molecule has 118 valence electrons. The highest BCUT2D eigenvalue weighted by Crippen LogP contribution is 2.34. The molecule has 0 spiro atoms. The number of amides is 1. The minimum Gasteiger partial charge on any atom is -0.462 e. The van der Waals surface area contributed by atoms with Gasteiger partial charge in [-0.05, 0) is 33.3 Å². The molecule has 22 heavy (non-hydrogen) atoms. The van der Waals surface area contributed by atoms with Crippen LogP contribution in [0.2, 0.25) is 5.02 Å². The van der Waals surface area contributed by atoms with Gasteiger partial charge in [-0.1, -0.05) is 16.8 Å². The standard InChI is InChI=1S/C14H15ClN2O4S/c1-5-20-14(19)9-6(2)8(4)22-13(9)16-12(18)11-10(15)7(3)17-21-11/h5H2,1-4H3,(H,16,18). The van der Waals surface area contributed by atoms with Crippen LogP contribution in [0, 0.1) is 20.8 Å². The molecule has 1 N–H and O–H groups in total. The molecule has 0 saturated heterocycles. The number of ether oxygens (including phenoxy) is 1. The van der Waals surface area contributed by atoms with Gasteiger partial charge in [0, 0.05) is 4.88 Å². The van der Waals surface area contributed by atoms with E-state index in [0.29, 0.717) is 16.3 Å². The van der Waals surface area contributed by atoms with Gasteiger partial charge < -0.3 is 14.6 Å². The molecule has 8 heteroatoms. The number of carbonyl (C=O) groups excluding carboxylic acids is 2. The predicted molar refractivity (Wildman–Crippen MR) is 84.0 cm³/mol. The van der Waals surface area contributed by atoms with Gasteiger partial charge in [0.25, 0.3) is 5.91 Å². The van der Waals surface area contributed by atoms with Crippen molar-refractivity contribution in [2.45, 2.75) is 27.7 Å². The van der Waals surface area contributed by atoms with E-state index >= 15 is 0 Å². The Morgan fingerprint density at radius 2 is 2.05 bits per heavy atom. The number of esters is 1. The number of hydrogen-bond acceptors (Lipinski definition) is 6. The summed E-state index contributed by atoms with van der Waals surface area (Å²) in [5, 5.41) is 6.83. The molecule has 6 nitrogen and oxygen atoms in total. The summed E-state index contributed by atoms with van der Waals surface area (Å²) < 4.78 is 9.94. The molecule has 0 unspecified atom stereocenters. The lowest BCUT2D eigenvalue weighted by Gasteiger charge is -2.06. The second-order valence-electron chi connectivity index (χ2n) is 4.57. The first-order valence-corrected chi connectivity index (χ1v) is 7.76. The van der Waals surface area contributed by atoms with Gasteiger partial charge in [0.2, 0.25) is 5.76 Å². The van der Waals surface area contributed by atoms with Crippen LogP contribution in [-0.2, 0) is 4.74 Å². The Balaban J connectivity index is 2.33. The number of anilines is 1. The Bertz CT molecular complexity index is 736. The summed E-state index contributed by atoms with van der Waals surface area (Å²) in [6.45, 7) is 7.28. The fourth-order valence-corrected chi connectivity index (χ4v) is 3.02. The monoisotopic (exact) mass is 342 g/mol. The molecule has 2 rings (SSSR count). The van der Waals surface area contributed by atoms with Crippen molar-refractivity contribution in [1.29, 1.82) is 0 Å². The number of aromatic nitrogens is 1. The molecule has 0 aliphatic rings. The van der Waals surface area contributed by atoms with Gasteiger partial charge in [-0.25, -0.2) is 4.79 Å². The first-order valence-electron chi connectivity index (χ1n) is 6.57. The van der Waals surface area contributed by atoms with Crippen molar-refractivity contribution < 1.29 is 18.8 Å². The minimum atomic E-state index is -0.558. The molecule has 0 aliphatic heterocycles. The van der Waals surface area contributed by atoms with Crippen LogP contribution in [-0.4, -0.2) is 23.6 Å². The van der Waals surface area contributed by atoms with Crippen LogP contribution in [0.4, 0.5) is 5.00 Å². The fraction of sp³-hybridized carbons (Fsp3) is 0.357. The van der Waals surface area contributed by atoms with Gasteiger partial charge in [-0.2, -0.15) is 0 Å². The van der Waals surface area contributed by atoms with Crippen LogP contribution < -0.4 is 5.32 Å². The molecule has 1 amide bonds. The smallest absolute Gasteiger partial charge is 0.341 e. The number of nitrogens with zero attached hydrogens (tertiary/aromatic N) is 1. The van der Waals surface area contributed by atoms with Crippen molar-refractivity contribution in [3.05, 3.63) is 32.5 Å². The summed E-state index contributed by atoms with van der Waals surface area (Å²) in [6, 6.07) is 0. The van der Waals surface area contributed by atoms with E-state index in [-0.39, 0.29) is 17.4 Å². The second kappa shape index (κ2) is 6.50. The lowest BCUT2D eigenvalue weighted by molar-refractivity contribution is 0.0527. The fourth-order valence-electron chi connectivity index (χ4n) is 1.82. The van der Waals surface area contributed by atoms with Crippen LogP contribution in [0.25, 0.3) is 0 Å². The highest BCUT2D eigenvalue weighted by atomic mass is 35.5. The van der Waals surface area contributed by atoms with Gasteiger partial charge in [0.05, 0.1) is 17.9 Å². The van der Waals surface area contributed by atoms with E-state index in [9.17, 15) is 9.59 Å². The normalized spacial score (nSPS) is 10.6. The maximum absolute atomic E-state index is 12.2. The molecule has 0 aliphatic carbocycles. The molecule has 0 aromatic carbocycles. The van der Waals surface area contributed by atoms with Crippen LogP contribution in [0.5, 0.6) is 0 Å². The lowest BCUT2D eigenvalue weighted by atomic mass is 10.1. The third-order valence-corrected chi connectivity index (χ3v) is 4.66. The van der Waals surface area contributed by atoms with E-state index < -0.39 is 11.9 Å². The molecule has 2 heterocycles. The van der Waals surface area contributed by atoms with Crippen LogP contribution in [0.15, 0.2) is 4.52 Å². The van der Waals surface area contributed by atoms with Crippen molar-refractivity contribution in [1.82, 2.24) is 5.16 Å². The zero-order chi connectivity index (χ0) is 16.4. The largest absolute Gasteiger partial charge is 0.462 e. The van der Waals surface area contributed by atoms with Gasteiger partial charge in [0.1, 0.15) is 10.0 Å². The molecule has 0 radical (unpaired) electrons. The number of halogens is 1. The minimum absolute atomic E-state index is 0.0855. The molecule has 2 aromatic rings. The van der Waals surface area contributed by atoms with E-state index in [1.165, 1.54) is 11.3 Å². The summed E-state index contributed by atoms with van der Waals surface area (Å²) in [6.07, 6.45) is 0. The Labute approximate surface area is 136 Å². The molecular weight excluding hydrogens is 328 g/mol. The SMILES string of the molecule is CCOC(=O)c1c(NC(=O)c2onc(C)c2Cl)sc(C)c1C. The number of thiophene rings is 1. The Hall–Kier alpha value is -1.86. The molecule has 0 saturated carbocycles. The van der Waals surface area contributed by atoms with Crippen LogP contribution >= 0.6 is 22.9 Å². The first-order chi connectivity index (χ1) is 10.4. The van der Waals surface area contributed by atoms with E-state index in [0.717, 1.165) is 10.4 Å². The number of nitrogens with one attached hydrogen (secondary N) is 1. The third-order valence-electron chi connectivity index (χ3n) is 3.09. The maximum atomic E-state index is 12.2. The molecular formula is C14H15ClN2O4S. The number of aryl methyl sites for hydroxylation is 2. The van der Waals surface area contributed by atoms with Gasteiger partial charge >= 0.3 is 5.97 Å². The Kier molecular flexibility index (Phi) is 4.87. The number of carbonyl (C=O) groups is 2. The summed E-state index contributed by atoms with van der Waals surface area (Å²) in [5.74, 6) is -1.12. The van der Waals surface area contributed by atoms with Crippen molar-refractivity contribution in [3.63, 3.8) is 0 Å². The van der Waals surface area contributed by atoms with Crippen molar-refractivity contribution in [2.75, 3.05) is 11.9 Å². The highest BCUT2D eigenvalue weighted by molar-refractivity contribution is 7.16. The number of rotatable bonds is 4. The van der Waals surface area contributed by atoms with E-state index in [1.807, 2.05) is 6.92 Å². The highest BCUT2D eigenvalue weighted by Gasteiger charge is 2.25. The van der Waals surface area contributed by atoms with Gasteiger partial charge in [0.15, 0.2) is 0 Å². The average Bonchev–Trinajstić information content (AvgIpc) is 2.92. The summed E-state index contributed by atoms with van der Waals surface area (Å²) in [7, 11) is 0. The molecule has 0 fully saturated rings. The Morgan fingerprint density at radius 1 is 1.36 bits per heavy atom. The third kappa shape index (κ3) is 3.00. The van der Waals surface area contributed by atoms with Crippen molar-refractivity contribution in [3.8, 4) is 0 Å². The molecule has 2 aromatic heterocycles. The van der Waals surface area contributed by atoms with Crippen LogP contribution in [0.3, 0.4) is 0 Å². The maximum Gasteiger partial charge on any atom is 0.341 e.